The van der Waals surface area contributed by atoms with E-state index in [2.05, 4.69) is 5.32 Å². The van der Waals surface area contributed by atoms with Gasteiger partial charge in [-0.15, -0.1) is 0 Å². The van der Waals surface area contributed by atoms with Crippen LogP contribution < -0.4 is 5.32 Å². The van der Waals surface area contributed by atoms with E-state index in [-0.39, 0.29) is 5.92 Å². The number of carboxylic acids is 1. The van der Waals surface area contributed by atoms with Crippen LogP contribution in [-0.4, -0.2) is 47.8 Å². The number of alkyl carbamates (subject to hydrolysis) is 1. The van der Waals surface area contributed by atoms with E-state index >= 15 is 0 Å². The van der Waals surface area contributed by atoms with Gasteiger partial charge in [0.2, 0.25) is 0 Å². The molecule has 0 radical (unpaired) electrons. The minimum atomic E-state index is -1.04. The van der Waals surface area contributed by atoms with Gasteiger partial charge >= 0.3 is 12.1 Å². The zero-order valence-corrected chi connectivity index (χ0v) is 13.4. The second kappa shape index (κ2) is 6.42. The maximum Gasteiger partial charge on any atom is 0.408 e. The standard InChI is InChI=1S/C15H25NO6/c1-14(2,3)22-13(19)16-11(12(17)18)10-4-6-15(7-5-10)20-8-9-21-15/h10-11H,4-9H2,1-3H3,(H,16,19)(H,17,18)/t11-/m1/s1. The first-order valence-corrected chi connectivity index (χ1v) is 7.71. The third-order valence-electron chi connectivity index (χ3n) is 4.02. The number of nitrogens with one attached hydrogen (secondary N) is 1. The van der Waals surface area contributed by atoms with Crippen LogP contribution in [0, 0.1) is 5.92 Å². The molecule has 0 unspecified atom stereocenters. The van der Waals surface area contributed by atoms with Crippen molar-refractivity contribution < 1.29 is 28.9 Å². The first-order chi connectivity index (χ1) is 10.2. The van der Waals surface area contributed by atoms with Gasteiger partial charge in [0.05, 0.1) is 13.2 Å². The van der Waals surface area contributed by atoms with E-state index in [4.69, 9.17) is 14.2 Å². The molecular formula is C15H25NO6. The van der Waals surface area contributed by atoms with E-state index in [9.17, 15) is 14.7 Å². The Hall–Kier alpha value is -1.34. The van der Waals surface area contributed by atoms with Crippen molar-refractivity contribution in [3.63, 3.8) is 0 Å². The number of carbonyl (C=O) groups is 2. The van der Waals surface area contributed by atoms with Crippen molar-refractivity contribution in [1.82, 2.24) is 5.32 Å². The van der Waals surface area contributed by atoms with E-state index < -0.39 is 29.5 Å². The van der Waals surface area contributed by atoms with Gasteiger partial charge in [-0.25, -0.2) is 9.59 Å². The van der Waals surface area contributed by atoms with Gasteiger partial charge in [-0.05, 0) is 39.5 Å². The third-order valence-corrected chi connectivity index (χ3v) is 4.02. The van der Waals surface area contributed by atoms with Gasteiger partial charge in [-0.3, -0.25) is 0 Å². The topological polar surface area (TPSA) is 94.1 Å². The van der Waals surface area contributed by atoms with E-state index in [1.54, 1.807) is 20.8 Å². The quantitative estimate of drug-likeness (QED) is 0.826. The summed E-state index contributed by atoms with van der Waals surface area (Å²) in [4.78, 5) is 23.3. The van der Waals surface area contributed by atoms with Crippen LogP contribution >= 0.6 is 0 Å². The summed E-state index contributed by atoms with van der Waals surface area (Å²) in [7, 11) is 0. The molecule has 1 aliphatic carbocycles. The van der Waals surface area contributed by atoms with Gasteiger partial charge < -0.3 is 24.6 Å². The molecule has 1 aliphatic heterocycles. The SMILES string of the molecule is CC(C)(C)OC(=O)N[C@@H](C(=O)O)C1CCC2(CC1)OCCO2. The molecule has 0 aromatic carbocycles. The molecule has 1 atom stereocenters. The van der Waals surface area contributed by atoms with Crippen molar-refractivity contribution in [3.05, 3.63) is 0 Å². The van der Waals surface area contributed by atoms with E-state index in [0.717, 1.165) is 0 Å². The molecule has 7 nitrogen and oxygen atoms in total. The van der Waals surface area contributed by atoms with Crippen molar-refractivity contribution in [2.75, 3.05) is 13.2 Å². The first kappa shape index (κ1) is 17.0. The number of hydrogen-bond donors (Lipinski definition) is 2. The number of aliphatic carboxylic acids is 1. The van der Waals surface area contributed by atoms with Gasteiger partial charge in [0.15, 0.2) is 5.79 Å². The van der Waals surface area contributed by atoms with Gasteiger partial charge in [0, 0.05) is 12.8 Å². The highest BCUT2D eigenvalue weighted by Crippen LogP contribution is 2.39. The molecule has 1 heterocycles. The molecule has 2 fully saturated rings. The van der Waals surface area contributed by atoms with Crippen molar-refractivity contribution in [2.24, 2.45) is 5.92 Å². The number of rotatable bonds is 3. The Kier molecular flexibility index (Phi) is 4.97. The fraction of sp³-hybridized carbons (Fsp3) is 0.867. The van der Waals surface area contributed by atoms with Crippen LogP contribution in [0.15, 0.2) is 0 Å². The Morgan fingerprint density at radius 2 is 1.77 bits per heavy atom. The van der Waals surface area contributed by atoms with Crippen molar-refractivity contribution in [2.45, 2.75) is 63.9 Å². The van der Waals surface area contributed by atoms with Gasteiger partial charge in [-0.1, -0.05) is 0 Å². The molecular weight excluding hydrogens is 290 g/mol. The summed E-state index contributed by atoms with van der Waals surface area (Å²) in [6, 6.07) is -0.950. The van der Waals surface area contributed by atoms with Gasteiger partial charge in [0.1, 0.15) is 11.6 Å². The molecule has 22 heavy (non-hydrogen) atoms. The molecule has 0 aromatic heterocycles. The lowest BCUT2D eigenvalue weighted by molar-refractivity contribution is -0.185. The summed E-state index contributed by atoms with van der Waals surface area (Å²) >= 11 is 0. The third kappa shape index (κ3) is 4.33. The van der Waals surface area contributed by atoms with Crippen molar-refractivity contribution >= 4 is 12.1 Å². The molecule has 0 bridgehead atoms. The van der Waals surface area contributed by atoms with Crippen LogP contribution in [0.4, 0.5) is 4.79 Å². The summed E-state index contributed by atoms with van der Waals surface area (Å²) in [6.07, 6.45) is 1.86. The minimum Gasteiger partial charge on any atom is -0.480 e. The summed E-state index contributed by atoms with van der Waals surface area (Å²) in [5.74, 6) is -1.73. The first-order valence-electron chi connectivity index (χ1n) is 7.71. The zero-order chi connectivity index (χ0) is 16.4. The second-order valence-electron chi connectivity index (χ2n) is 6.91. The highest BCUT2D eigenvalue weighted by molar-refractivity contribution is 5.80. The minimum absolute atomic E-state index is 0.150. The highest BCUT2D eigenvalue weighted by Gasteiger charge is 2.43. The fourth-order valence-electron chi connectivity index (χ4n) is 3.01. The van der Waals surface area contributed by atoms with Crippen LogP contribution in [-0.2, 0) is 19.0 Å². The lowest BCUT2D eigenvalue weighted by Gasteiger charge is -2.37. The molecule has 126 valence electrons. The Labute approximate surface area is 130 Å². The highest BCUT2D eigenvalue weighted by atomic mass is 16.7. The molecule has 1 saturated carbocycles. The number of carbonyl (C=O) groups excluding carboxylic acids is 1. The predicted molar refractivity (Wildman–Crippen MR) is 77.4 cm³/mol. The molecule has 2 aliphatic rings. The molecule has 1 amide bonds. The summed E-state index contributed by atoms with van der Waals surface area (Å²) in [5, 5.41) is 11.9. The summed E-state index contributed by atoms with van der Waals surface area (Å²) in [5.41, 5.74) is -0.657. The van der Waals surface area contributed by atoms with Gasteiger partial charge in [0.25, 0.3) is 0 Å². The Bertz CT molecular complexity index is 414. The Balaban J connectivity index is 1.92. The number of hydrogen-bond acceptors (Lipinski definition) is 5. The van der Waals surface area contributed by atoms with E-state index in [1.165, 1.54) is 0 Å². The largest absolute Gasteiger partial charge is 0.480 e. The van der Waals surface area contributed by atoms with E-state index in [1.807, 2.05) is 0 Å². The number of carboxylic acid groups (broad SMARTS) is 1. The average molecular weight is 315 g/mol. The average Bonchev–Trinajstić information content (AvgIpc) is 2.83. The Morgan fingerprint density at radius 1 is 1.23 bits per heavy atom. The van der Waals surface area contributed by atoms with Crippen LogP contribution in [0.3, 0.4) is 0 Å². The number of amides is 1. The normalized spacial score (nSPS) is 23.2. The lowest BCUT2D eigenvalue weighted by atomic mass is 9.80. The summed E-state index contributed by atoms with van der Waals surface area (Å²) < 4.78 is 16.4. The second-order valence-corrected chi connectivity index (χ2v) is 6.91. The molecule has 1 saturated heterocycles. The van der Waals surface area contributed by atoms with Crippen LogP contribution in [0.25, 0.3) is 0 Å². The lowest BCUT2D eigenvalue weighted by Crippen LogP contribution is -2.50. The van der Waals surface area contributed by atoms with E-state index in [0.29, 0.717) is 38.9 Å². The predicted octanol–water partition coefficient (Wildman–Crippen LogP) is 1.90. The Morgan fingerprint density at radius 3 is 2.23 bits per heavy atom. The van der Waals surface area contributed by atoms with Crippen LogP contribution in [0.2, 0.25) is 0 Å². The maximum absolute atomic E-state index is 11.8. The van der Waals surface area contributed by atoms with Crippen LogP contribution in [0.5, 0.6) is 0 Å². The molecule has 2 N–H and O–H groups in total. The van der Waals surface area contributed by atoms with Crippen molar-refractivity contribution in [3.8, 4) is 0 Å². The fourth-order valence-corrected chi connectivity index (χ4v) is 3.01. The monoisotopic (exact) mass is 315 g/mol. The molecule has 1 spiro atoms. The molecule has 2 rings (SSSR count). The number of ether oxygens (including phenoxy) is 3. The van der Waals surface area contributed by atoms with Gasteiger partial charge in [-0.2, -0.15) is 0 Å². The zero-order valence-electron chi connectivity index (χ0n) is 13.4. The maximum atomic E-state index is 11.8. The van der Waals surface area contributed by atoms with Crippen molar-refractivity contribution in [1.29, 1.82) is 0 Å². The molecule has 0 aromatic rings. The summed E-state index contributed by atoms with van der Waals surface area (Å²) in [6.45, 7) is 6.39. The smallest absolute Gasteiger partial charge is 0.408 e. The molecule has 7 heteroatoms. The van der Waals surface area contributed by atoms with Crippen LogP contribution in [0.1, 0.15) is 46.5 Å².